The Morgan fingerprint density at radius 2 is 1.14 bits per heavy atom. The van der Waals surface area contributed by atoms with E-state index in [1.165, 1.54) is 11.3 Å². The van der Waals surface area contributed by atoms with Crippen LogP contribution in [0.25, 0.3) is 0 Å². The lowest BCUT2D eigenvalue weighted by Crippen LogP contribution is -2.48. The van der Waals surface area contributed by atoms with Crippen molar-refractivity contribution in [2.45, 2.75) is 0 Å². The summed E-state index contributed by atoms with van der Waals surface area (Å²) in [6.07, 6.45) is 0. The molecule has 2 aromatic carbocycles. The summed E-state index contributed by atoms with van der Waals surface area (Å²) in [5.74, 6) is 0.368. The van der Waals surface area contributed by atoms with E-state index in [2.05, 4.69) is 31.9 Å². The summed E-state index contributed by atoms with van der Waals surface area (Å²) in [7, 11) is 0. The van der Waals surface area contributed by atoms with Crippen LogP contribution in [0.5, 0.6) is 11.5 Å². The fourth-order valence-corrected chi connectivity index (χ4v) is 5.98. The smallest absolute Gasteiger partial charge is 0.187 e. The van der Waals surface area contributed by atoms with Gasteiger partial charge in [0.2, 0.25) is 0 Å². The van der Waals surface area contributed by atoms with Gasteiger partial charge in [0.15, 0.2) is 28.5 Å². The summed E-state index contributed by atoms with van der Waals surface area (Å²) >= 11 is 8.32. The molecule has 2 heterocycles. The second-order valence-electron chi connectivity index (χ2n) is 6.36. The lowest BCUT2D eigenvalue weighted by Gasteiger charge is -2.28. The topological polar surface area (TPSA) is 52.6 Å². The molecule has 1 aromatic heterocycles. The molecule has 28 heavy (non-hydrogen) atoms. The maximum Gasteiger partial charge on any atom is 0.187 e. The first kappa shape index (κ1) is 19.4. The number of ketones is 2. The van der Waals surface area contributed by atoms with Crippen LogP contribution in [-0.2, 0) is 0 Å². The molecule has 0 saturated heterocycles. The molecule has 0 amide bonds. The molecule has 1 aliphatic heterocycles. The molecule has 4 nitrogen and oxygen atoms in total. The number of halogens is 2. The molecular weight excluding hydrogens is 508 g/mol. The summed E-state index contributed by atoms with van der Waals surface area (Å²) in [4.78, 5) is 27.1. The monoisotopic (exact) mass is 520 g/mol. The lowest BCUT2D eigenvalue weighted by molar-refractivity contribution is 0.0487. The number of rotatable bonds is 4. The first-order chi connectivity index (χ1) is 13.5. The standard InChI is InChI=1S/C21H14Br2O4S/c22-19-15-16(20(23)28-19)27-12-21(11-26-15,17(24)13-7-3-1-4-8-13)18(25)14-9-5-2-6-10-14/h1-10H,11-12H2. The van der Waals surface area contributed by atoms with Crippen LogP contribution in [0.1, 0.15) is 20.7 Å². The fraction of sp³-hybridized carbons (Fsp3) is 0.143. The molecule has 3 aromatic rings. The number of benzene rings is 2. The number of thiophene rings is 1. The van der Waals surface area contributed by atoms with Crippen LogP contribution in [0.15, 0.2) is 68.2 Å². The van der Waals surface area contributed by atoms with Crippen LogP contribution in [0.4, 0.5) is 0 Å². The van der Waals surface area contributed by atoms with Gasteiger partial charge in [0.05, 0.1) is 0 Å². The highest BCUT2D eigenvalue weighted by molar-refractivity contribution is 9.12. The molecule has 0 N–H and O–H groups in total. The minimum atomic E-state index is -1.49. The summed E-state index contributed by atoms with van der Waals surface area (Å²) < 4.78 is 13.4. The molecule has 0 radical (unpaired) electrons. The minimum absolute atomic E-state index is 0.108. The zero-order chi connectivity index (χ0) is 19.7. The average molecular weight is 522 g/mol. The van der Waals surface area contributed by atoms with Gasteiger partial charge in [0.1, 0.15) is 20.8 Å². The van der Waals surface area contributed by atoms with E-state index < -0.39 is 5.41 Å². The quantitative estimate of drug-likeness (QED) is 0.322. The molecular formula is C21H14Br2O4S. The van der Waals surface area contributed by atoms with Gasteiger partial charge in [0, 0.05) is 11.1 Å². The van der Waals surface area contributed by atoms with E-state index in [4.69, 9.17) is 9.47 Å². The molecule has 0 aliphatic carbocycles. The highest BCUT2D eigenvalue weighted by atomic mass is 79.9. The molecule has 0 unspecified atom stereocenters. The Morgan fingerprint density at radius 1 is 0.750 bits per heavy atom. The Labute approximate surface area is 182 Å². The molecule has 0 saturated carbocycles. The van der Waals surface area contributed by atoms with Crippen LogP contribution >= 0.6 is 43.2 Å². The number of hydrogen-bond acceptors (Lipinski definition) is 5. The Balaban J connectivity index is 1.80. The zero-order valence-electron chi connectivity index (χ0n) is 14.5. The minimum Gasteiger partial charge on any atom is -0.486 e. The van der Waals surface area contributed by atoms with Crippen molar-refractivity contribution >= 4 is 54.8 Å². The molecule has 142 valence electrons. The van der Waals surface area contributed by atoms with Crippen LogP contribution < -0.4 is 9.47 Å². The van der Waals surface area contributed by atoms with E-state index in [1.54, 1.807) is 48.5 Å². The van der Waals surface area contributed by atoms with Gasteiger partial charge >= 0.3 is 0 Å². The van der Waals surface area contributed by atoms with Crippen molar-refractivity contribution in [1.82, 2.24) is 0 Å². The van der Waals surface area contributed by atoms with Crippen LogP contribution in [0.2, 0.25) is 0 Å². The molecule has 0 spiro atoms. The van der Waals surface area contributed by atoms with Crippen LogP contribution in [0.3, 0.4) is 0 Å². The largest absolute Gasteiger partial charge is 0.486 e. The van der Waals surface area contributed by atoms with Gasteiger partial charge in [-0.15, -0.1) is 11.3 Å². The summed E-state index contributed by atoms with van der Waals surface area (Å²) in [5.41, 5.74) is -0.596. The Hall–Kier alpha value is -1.96. The fourth-order valence-electron chi connectivity index (χ4n) is 3.12. The number of carbonyl (C=O) groups excluding carboxylic acids is 2. The predicted octanol–water partition coefficient (Wildman–Crippen LogP) is 5.80. The van der Waals surface area contributed by atoms with Crippen molar-refractivity contribution in [3.63, 3.8) is 0 Å². The average Bonchev–Trinajstić information content (AvgIpc) is 2.90. The van der Waals surface area contributed by atoms with Gasteiger partial charge in [-0.05, 0) is 31.9 Å². The Bertz CT molecular complexity index is 949. The number of hydrogen-bond donors (Lipinski definition) is 0. The van der Waals surface area contributed by atoms with Gasteiger partial charge in [-0.25, -0.2) is 0 Å². The Morgan fingerprint density at radius 3 is 1.54 bits per heavy atom. The van der Waals surface area contributed by atoms with Crippen molar-refractivity contribution < 1.29 is 19.1 Å². The predicted molar refractivity (Wildman–Crippen MR) is 115 cm³/mol. The highest BCUT2D eigenvalue weighted by Crippen LogP contribution is 2.51. The van der Waals surface area contributed by atoms with Crippen molar-refractivity contribution in [3.05, 3.63) is 79.4 Å². The van der Waals surface area contributed by atoms with Gasteiger partial charge in [0.25, 0.3) is 0 Å². The normalized spacial score (nSPS) is 14.9. The van der Waals surface area contributed by atoms with Gasteiger partial charge in [-0.1, -0.05) is 60.7 Å². The molecule has 0 fully saturated rings. The zero-order valence-corrected chi connectivity index (χ0v) is 18.5. The van der Waals surface area contributed by atoms with Crippen molar-refractivity contribution in [2.75, 3.05) is 13.2 Å². The van der Waals surface area contributed by atoms with E-state index in [-0.39, 0.29) is 24.8 Å². The highest BCUT2D eigenvalue weighted by Gasteiger charge is 2.50. The maximum absolute atomic E-state index is 13.5. The SMILES string of the molecule is O=C(c1ccccc1)C1(C(=O)c2ccccc2)COc2c(Br)sc(Br)c2OC1. The molecule has 0 bridgehead atoms. The second kappa shape index (κ2) is 7.81. The number of ether oxygens (including phenoxy) is 2. The third-order valence-corrected chi connectivity index (χ3v) is 7.03. The molecule has 4 rings (SSSR count). The van der Waals surface area contributed by atoms with Gasteiger partial charge < -0.3 is 9.47 Å². The van der Waals surface area contributed by atoms with Gasteiger partial charge in [-0.3, -0.25) is 9.59 Å². The van der Waals surface area contributed by atoms with Crippen LogP contribution in [-0.4, -0.2) is 24.8 Å². The first-order valence-electron chi connectivity index (χ1n) is 8.46. The molecule has 1 aliphatic rings. The second-order valence-corrected chi connectivity index (χ2v) is 10.0. The first-order valence-corrected chi connectivity index (χ1v) is 10.9. The van der Waals surface area contributed by atoms with Gasteiger partial charge in [-0.2, -0.15) is 0 Å². The van der Waals surface area contributed by atoms with Crippen LogP contribution in [0, 0.1) is 5.41 Å². The van der Waals surface area contributed by atoms with E-state index >= 15 is 0 Å². The van der Waals surface area contributed by atoms with Crippen molar-refractivity contribution in [2.24, 2.45) is 5.41 Å². The molecule has 0 atom stereocenters. The number of Topliss-reactive ketones (excluding diaryl/α,β-unsaturated/α-hetero) is 2. The number of fused-ring (bicyclic) bond motifs is 1. The third kappa shape index (κ3) is 3.32. The molecule has 7 heteroatoms. The summed E-state index contributed by atoms with van der Waals surface area (Å²) in [5, 5.41) is 0. The van der Waals surface area contributed by atoms with E-state index in [1.807, 2.05) is 12.1 Å². The Kier molecular flexibility index (Phi) is 5.40. The third-order valence-electron chi connectivity index (χ3n) is 4.61. The van der Waals surface area contributed by atoms with E-state index in [9.17, 15) is 9.59 Å². The maximum atomic E-state index is 13.5. The van der Waals surface area contributed by atoms with E-state index in [0.717, 1.165) is 7.57 Å². The van der Waals surface area contributed by atoms with E-state index in [0.29, 0.717) is 22.6 Å². The lowest BCUT2D eigenvalue weighted by atomic mass is 9.75. The van der Waals surface area contributed by atoms with Crippen molar-refractivity contribution in [3.8, 4) is 11.5 Å². The summed E-state index contributed by atoms with van der Waals surface area (Å²) in [6.45, 7) is -0.216. The number of carbonyl (C=O) groups is 2. The summed E-state index contributed by atoms with van der Waals surface area (Å²) in [6, 6.07) is 17.6. The van der Waals surface area contributed by atoms with Crippen molar-refractivity contribution in [1.29, 1.82) is 0 Å².